The van der Waals surface area contributed by atoms with Gasteiger partial charge in [-0.3, -0.25) is 4.79 Å². The quantitative estimate of drug-likeness (QED) is 0.532. The van der Waals surface area contributed by atoms with Gasteiger partial charge in [-0.05, 0) is 42.8 Å². The van der Waals surface area contributed by atoms with E-state index < -0.39 is 11.6 Å². The van der Waals surface area contributed by atoms with Crippen LogP contribution in [0, 0.1) is 18.6 Å². The van der Waals surface area contributed by atoms with E-state index in [-0.39, 0.29) is 17.7 Å². The maximum absolute atomic E-state index is 13.4. The summed E-state index contributed by atoms with van der Waals surface area (Å²) in [6.07, 6.45) is 2.11. The summed E-state index contributed by atoms with van der Waals surface area (Å²) < 4.78 is 32.0. The second-order valence-electron chi connectivity index (χ2n) is 6.75. The van der Waals surface area contributed by atoms with Gasteiger partial charge in [0.15, 0.2) is 11.6 Å². The number of halogens is 2. The maximum Gasteiger partial charge on any atom is 0.253 e. The number of amides is 1. The molecule has 148 valence electrons. The van der Waals surface area contributed by atoms with Crippen molar-refractivity contribution in [2.24, 2.45) is 5.10 Å². The van der Waals surface area contributed by atoms with Crippen LogP contribution in [-0.2, 0) is 4.79 Å². The van der Waals surface area contributed by atoms with E-state index in [2.05, 4.69) is 5.10 Å². The van der Waals surface area contributed by atoms with E-state index in [0.717, 1.165) is 40.7 Å². The van der Waals surface area contributed by atoms with Crippen molar-refractivity contribution >= 4 is 23.4 Å². The van der Waals surface area contributed by atoms with E-state index >= 15 is 0 Å². The van der Waals surface area contributed by atoms with Crippen LogP contribution >= 0.6 is 11.8 Å². The van der Waals surface area contributed by atoms with Crippen molar-refractivity contribution in [1.29, 1.82) is 0 Å². The van der Waals surface area contributed by atoms with E-state index in [1.54, 1.807) is 12.3 Å². The lowest BCUT2D eigenvalue weighted by Gasteiger charge is -2.19. The average molecular weight is 412 g/mol. The molecule has 0 saturated heterocycles. The zero-order chi connectivity index (χ0) is 20.4. The van der Waals surface area contributed by atoms with Gasteiger partial charge in [0, 0.05) is 11.3 Å². The molecule has 1 aromatic heterocycles. The molecule has 29 heavy (non-hydrogen) atoms. The molecule has 7 heteroatoms. The third kappa shape index (κ3) is 4.24. The van der Waals surface area contributed by atoms with E-state index in [1.807, 2.05) is 37.3 Å². The predicted octanol–water partition coefficient (Wildman–Crippen LogP) is 5.34. The summed E-state index contributed by atoms with van der Waals surface area (Å²) in [5.41, 5.74) is 2.90. The number of thioether (sulfide) groups is 1. The van der Waals surface area contributed by atoms with Gasteiger partial charge in [0.2, 0.25) is 0 Å². The molecule has 0 saturated carbocycles. The minimum Gasteiger partial charge on any atom is -0.467 e. The molecule has 0 N–H and O–H groups in total. The molecule has 1 aliphatic heterocycles. The van der Waals surface area contributed by atoms with Gasteiger partial charge in [-0.2, -0.15) is 5.10 Å². The molecule has 0 spiro atoms. The maximum atomic E-state index is 13.4. The lowest BCUT2D eigenvalue weighted by atomic mass is 10.0. The molecule has 0 radical (unpaired) electrons. The fourth-order valence-electron chi connectivity index (χ4n) is 3.14. The molecule has 2 aromatic carbocycles. The van der Waals surface area contributed by atoms with Crippen molar-refractivity contribution in [1.82, 2.24) is 5.01 Å². The van der Waals surface area contributed by atoms with Crippen LogP contribution in [0.5, 0.6) is 0 Å². The van der Waals surface area contributed by atoms with Crippen LogP contribution in [0.15, 0.2) is 75.3 Å². The molecule has 0 unspecified atom stereocenters. The molecule has 0 aliphatic carbocycles. The Hall–Kier alpha value is -2.93. The van der Waals surface area contributed by atoms with Crippen LogP contribution in [0.4, 0.5) is 8.78 Å². The van der Waals surface area contributed by atoms with Crippen molar-refractivity contribution in [3.8, 4) is 0 Å². The number of hydrogen-bond acceptors (Lipinski definition) is 4. The second kappa shape index (κ2) is 8.21. The first-order valence-corrected chi connectivity index (χ1v) is 10.1. The summed E-state index contributed by atoms with van der Waals surface area (Å²) >= 11 is 1.14. The first kappa shape index (κ1) is 19.4. The van der Waals surface area contributed by atoms with E-state index in [1.165, 1.54) is 11.1 Å². The molecule has 0 bridgehead atoms. The van der Waals surface area contributed by atoms with Crippen molar-refractivity contribution in [2.45, 2.75) is 24.3 Å². The minimum atomic E-state index is -0.934. The zero-order valence-corrected chi connectivity index (χ0v) is 16.5. The number of benzene rings is 2. The highest BCUT2D eigenvalue weighted by Gasteiger charge is 2.34. The lowest BCUT2D eigenvalue weighted by molar-refractivity contribution is -0.130. The average Bonchev–Trinajstić information content (AvgIpc) is 3.39. The molecule has 1 aliphatic rings. The number of carbonyl (C=O) groups is 1. The molecule has 2 heterocycles. The van der Waals surface area contributed by atoms with Gasteiger partial charge in [-0.15, -0.1) is 11.8 Å². The number of rotatable bonds is 5. The van der Waals surface area contributed by atoms with E-state index in [4.69, 9.17) is 4.42 Å². The Morgan fingerprint density at radius 2 is 1.97 bits per heavy atom. The van der Waals surface area contributed by atoms with Crippen LogP contribution in [0.3, 0.4) is 0 Å². The van der Waals surface area contributed by atoms with Gasteiger partial charge in [-0.25, -0.2) is 13.8 Å². The summed E-state index contributed by atoms with van der Waals surface area (Å²) in [5.74, 6) is -1.38. The van der Waals surface area contributed by atoms with Gasteiger partial charge in [0.05, 0.1) is 17.7 Å². The highest BCUT2D eigenvalue weighted by Crippen LogP contribution is 2.34. The number of hydrazone groups is 1. The topological polar surface area (TPSA) is 45.8 Å². The van der Waals surface area contributed by atoms with Crippen LogP contribution in [0.25, 0.3) is 0 Å². The van der Waals surface area contributed by atoms with Crippen molar-refractivity contribution < 1.29 is 18.0 Å². The number of carbonyl (C=O) groups excluding carboxylic acids is 1. The summed E-state index contributed by atoms with van der Waals surface area (Å²) in [4.78, 5) is 13.4. The number of nitrogens with zero attached hydrogens (tertiary/aromatic N) is 2. The number of hydrogen-bond donors (Lipinski definition) is 0. The Kier molecular flexibility index (Phi) is 5.49. The summed E-state index contributed by atoms with van der Waals surface area (Å²) in [6.45, 7) is 2.01. The van der Waals surface area contributed by atoms with Gasteiger partial charge >= 0.3 is 0 Å². The highest BCUT2D eigenvalue weighted by molar-refractivity contribution is 8.00. The molecule has 4 rings (SSSR count). The Balaban J connectivity index is 1.54. The highest BCUT2D eigenvalue weighted by atomic mass is 32.2. The van der Waals surface area contributed by atoms with Crippen molar-refractivity contribution in [3.05, 3.63) is 89.4 Å². The van der Waals surface area contributed by atoms with Crippen molar-refractivity contribution in [2.75, 3.05) is 5.75 Å². The predicted molar refractivity (Wildman–Crippen MR) is 108 cm³/mol. The molecule has 1 atom stereocenters. The molecule has 3 aromatic rings. The molecule has 4 nitrogen and oxygen atoms in total. The standard InChI is InChI=1S/C22H18F2N2O2S/c1-14-4-6-15(7-5-14)19-12-20(21-3-2-10-28-21)26(25-19)22(27)13-29-16-8-9-17(23)18(24)11-16/h2-11,20H,12-13H2,1H3/t20-/m0/s1. The van der Waals surface area contributed by atoms with Crippen LogP contribution in [0.1, 0.15) is 29.3 Å². The van der Waals surface area contributed by atoms with Crippen LogP contribution < -0.4 is 0 Å². The first-order chi connectivity index (χ1) is 14.0. The van der Waals surface area contributed by atoms with Gasteiger partial charge < -0.3 is 4.42 Å². The Bertz CT molecular complexity index is 1050. The monoisotopic (exact) mass is 412 g/mol. The summed E-state index contributed by atoms with van der Waals surface area (Å²) in [6, 6.07) is 14.8. The van der Waals surface area contributed by atoms with Crippen LogP contribution in [0.2, 0.25) is 0 Å². The summed E-state index contributed by atoms with van der Waals surface area (Å²) in [5, 5.41) is 5.99. The largest absolute Gasteiger partial charge is 0.467 e. The van der Waals surface area contributed by atoms with Gasteiger partial charge in [0.1, 0.15) is 11.8 Å². The van der Waals surface area contributed by atoms with Gasteiger partial charge in [-0.1, -0.05) is 29.8 Å². The molecular formula is C22H18F2N2O2S. The Morgan fingerprint density at radius 1 is 1.17 bits per heavy atom. The van der Waals surface area contributed by atoms with Gasteiger partial charge in [0.25, 0.3) is 5.91 Å². The molecule has 0 fully saturated rings. The smallest absolute Gasteiger partial charge is 0.253 e. The van der Waals surface area contributed by atoms with E-state index in [9.17, 15) is 13.6 Å². The fourth-order valence-corrected chi connectivity index (χ4v) is 3.91. The summed E-state index contributed by atoms with van der Waals surface area (Å²) in [7, 11) is 0. The second-order valence-corrected chi connectivity index (χ2v) is 7.80. The molecule has 1 amide bonds. The minimum absolute atomic E-state index is 0.0486. The molecular weight excluding hydrogens is 394 g/mol. The normalized spacial score (nSPS) is 16.2. The lowest BCUT2D eigenvalue weighted by Crippen LogP contribution is -2.28. The number of aryl methyl sites for hydroxylation is 1. The Morgan fingerprint density at radius 3 is 2.66 bits per heavy atom. The van der Waals surface area contributed by atoms with E-state index in [0.29, 0.717) is 17.1 Å². The Labute approximate surface area is 171 Å². The third-order valence-electron chi connectivity index (χ3n) is 4.68. The third-order valence-corrected chi connectivity index (χ3v) is 5.65. The van der Waals surface area contributed by atoms with Crippen molar-refractivity contribution in [3.63, 3.8) is 0 Å². The SMILES string of the molecule is Cc1ccc(C2=NN(C(=O)CSc3ccc(F)c(F)c3)[C@H](c3ccco3)C2)cc1. The fraction of sp³-hybridized carbons (Fsp3) is 0.182. The number of furan rings is 1. The van der Waals surface area contributed by atoms with Crippen LogP contribution in [-0.4, -0.2) is 22.4 Å². The zero-order valence-electron chi connectivity index (χ0n) is 15.6. The first-order valence-electron chi connectivity index (χ1n) is 9.09.